The van der Waals surface area contributed by atoms with Crippen molar-refractivity contribution in [2.75, 3.05) is 11.4 Å². The number of rotatable bonds is 4. The molecule has 0 saturated carbocycles. The molecule has 0 spiro atoms. The summed E-state index contributed by atoms with van der Waals surface area (Å²) in [6, 6.07) is 1.92. The van der Waals surface area contributed by atoms with Crippen LogP contribution in [0, 0.1) is 5.82 Å². The monoisotopic (exact) mass is 289 g/mol. The molecule has 2 aromatic heterocycles. The average molecular weight is 289 g/mol. The van der Waals surface area contributed by atoms with E-state index in [2.05, 4.69) is 38.6 Å². The number of pyridine rings is 1. The van der Waals surface area contributed by atoms with Crippen LogP contribution < -0.4 is 10.2 Å². The van der Waals surface area contributed by atoms with Crippen LogP contribution in [0.3, 0.4) is 0 Å². The van der Waals surface area contributed by atoms with Gasteiger partial charge in [-0.1, -0.05) is 13.8 Å². The lowest BCUT2D eigenvalue weighted by atomic mass is 10.2. The second-order valence-corrected chi connectivity index (χ2v) is 5.63. The fraction of sp³-hybridized carbons (Fsp3) is 0.467. The highest BCUT2D eigenvalue weighted by Crippen LogP contribution is 2.23. The molecule has 2 aromatic rings. The summed E-state index contributed by atoms with van der Waals surface area (Å²) in [6.45, 7) is 7.21. The quantitative estimate of drug-likeness (QED) is 0.934. The summed E-state index contributed by atoms with van der Waals surface area (Å²) in [5.41, 5.74) is 0.892. The summed E-state index contributed by atoms with van der Waals surface area (Å²) in [5.74, 6) is 1.58. The van der Waals surface area contributed by atoms with Gasteiger partial charge in [-0.05, 0) is 6.07 Å². The van der Waals surface area contributed by atoms with Crippen LogP contribution in [0.15, 0.2) is 24.7 Å². The summed E-state index contributed by atoms with van der Waals surface area (Å²) >= 11 is 0. The van der Waals surface area contributed by atoms with Gasteiger partial charge in [0, 0.05) is 43.6 Å². The Hall–Kier alpha value is -1.95. The van der Waals surface area contributed by atoms with E-state index in [0.29, 0.717) is 19.1 Å². The number of hydrogen-bond acceptors (Lipinski definition) is 4. The van der Waals surface area contributed by atoms with Crippen LogP contribution >= 0.6 is 0 Å². The maximum absolute atomic E-state index is 13.5. The zero-order valence-corrected chi connectivity index (χ0v) is 12.4. The van der Waals surface area contributed by atoms with Gasteiger partial charge in [0.25, 0.3) is 0 Å². The standard InChI is InChI=1S/C15H20FN5/c1-11(2)18-8-12-7-13(16)9-19-15(12)21-6-5-20-4-3-17-14(20)10-21/h3-4,7,9,11,18H,5-6,8,10H2,1-2H3. The van der Waals surface area contributed by atoms with Crippen molar-refractivity contribution in [3.8, 4) is 0 Å². The van der Waals surface area contributed by atoms with Crippen LogP contribution in [0.2, 0.25) is 0 Å². The summed E-state index contributed by atoms with van der Waals surface area (Å²) in [4.78, 5) is 10.8. The van der Waals surface area contributed by atoms with Gasteiger partial charge in [-0.3, -0.25) is 0 Å². The molecule has 0 bridgehead atoms. The molecular formula is C15H20FN5. The lowest BCUT2D eigenvalue weighted by molar-refractivity contribution is 0.544. The Bertz CT molecular complexity index is 622. The Labute approximate surface area is 123 Å². The van der Waals surface area contributed by atoms with E-state index >= 15 is 0 Å². The molecular weight excluding hydrogens is 269 g/mol. The summed E-state index contributed by atoms with van der Waals surface area (Å²) < 4.78 is 15.6. The molecule has 112 valence electrons. The number of anilines is 1. The molecule has 1 aliphatic heterocycles. The topological polar surface area (TPSA) is 46.0 Å². The van der Waals surface area contributed by atoms with Gasteiger partial charge in [0.15, 0.2) is 0 Å². The van der Waals surface area contributed by atoms with Gasteiger partial charge in [-0.15, -0.1) is 0 Å². The van der Waals surface area contributed by atoms with Gasteiger partial charge in [0.05, 0.1) is 12.7 Å². The molecule has 1 N–H and O–H groups in total. The largest absolute Gasteiger partial charge is 0.347 e. The third-order valence-electron chi connectivity index (χ3n) is 3.65. The molecule has 3 heterocycles. The highest BCUT2D eigenvalue weighted by Gasteiger charge is 2.20. The zero-order valence-electron chi connectivity index (χ0n) is 12.4. The number of nitrogens with one attached hydrogen (secondary N) is 1. The van der Waals surface area contributed by atoms with Gasteiger partial charge >= 0.3 is 0 Å². The van der Waals surface area contributed by atoms with Gasteiger partial charge in [-0.25, -0.2) is 14.4 Å². The van der Waals surface area contributed by atoms with Gasteiger partial charge in [0.1, 0.15) is 17.5 Å². The Morgan fingerprint density at radius 3 is 3.00 bits per heavy atom. The highest BCUT2D eigenvalue weighted by molar-refractivity contribution is 5.47. The molecule has 0 saturated heterocycles. The number of aromatic nitrogens is 3. The Balaban J connectivity index is 1.84. The SMILES string of the molecule is CC(C)NCc1cc(F)cnc1N1CCn2ccnc2C1. The Morgan fingerprint density at radius 2 is 2.19 bits per heavy atom. The van der Waals surface area contributed by atoms with E-state index in [1.54, 1.807) is 6.07 Å². The molecule has 0 fully saturated rings. The van der Waals surface area contributed by atoms with E-state index in [1.165, 1.54) is 6.20 Å². The lowest BCUT2D eigenvalue weighted by Crippen LogP contribution is -2.35. The van der Waals surface area contributed by atoms with Crippen molar-refractivity contribution in [2.45, 2.75) is 39.5 Å². The molecule has 3 rings (SSSR count). The van der Waals surface area contributed by atoms with E-state index in [4.69, 9.17) is 0 Å². The molecule has 1 aliphatic rings. The minimum atomic E-state index is -0.294. The predicted molar refractivity (Wildman–Crippen MR) is 79.4 cm³/mol. The molecule has 21 heavy (non-hydrogen) atoms. The first kappa shape index (κ1) is 14.0. The first-order valence-corrected chi connectivity index (χ1v) is 7.26. The minimum absolute atomic E-state index is 0.294. The third-order valence-corrected chi connectivity index (χ3v) is 3.65. The van der Waals surface area contributed by atoms with E-state index in [9.17, 15) is 4.39 Å². The molecule has 6 heteroatoms. The Kier molecular flexibility index (Phi) is 3.88. The van der Waals surface area contributed by atoms with Crippen molar-refractivity contribution in [1.29, 1.82) is 0 Å². The predicted octanol–water partition coefficient (Wildman–Crippen LogP) is 1.94. The van der Waals surface area contributed by atoms with E-state index in [-0.39, 0.29) is 5.82 Å². The second-order valence-electron chi connectivity index (χ2n) is 5.63. The number of hydrogen-bond donors (Lipinski definition) is 1. The fourth-order valence-corrected chi connectivity index (χ4v) is 2.56. The van der Waals surface area contributed by atoms with Crippen molar-refractivity contribution in [3.05, 3.63) is 41.9 Å². The molecule has 0 unspecified atom stereocenters. The maximum atomic E-state index is 13.5. The number of fused-ring (bicyclic) bond motifs is 1. The maximum Gasteiger partial charge on any atom is 0.141 e. The van der Waals surface area contributed by atoms with Crippen LogP contribution in [-0.2, 0) is 19.6 Å². The van der Waals surface area contributed by atoms with Gasteiger partial charge < -0.3 is 14.8 Å². The first-order chi connectivity index (χ1) is 10.1. The fourth-order valence-electron chi connectivity index (χ4n) is 2.56. The van der Waals surface area contributed by atoms with Crippen LogP contribution in [-0.4, -0.2) is 27.1 Å². The first-order valence-electron chi connectivity index (χ1n) is 7.26. The van der Waals surface area contributed by atoms with Crippen molar-refractivity contribution < 1.29 is 4.39 Å². The van der Waals surface area contributed by atoms with Crippen molar-refractivity contribution in [1.82, 2.24) is 19.9 Å². The minimum Gasteiger partial charge on any atom is -0.347 e. The molecule has 0 aliphatic carbocycles. The summed E-state index contributed by atoms with van der Waals surface area (Å²) in [7, 11) is 0. The number of halogens is 1. The van der Waals surface area contributed by atoms with Crippen molar-refractivity contribution >= 4 is 5.82 Å². The number of imidazole rings is 1. The van der Waals surface area contributed by atoms with Crippen LogP contribution in [0.25, 0.3) is 0 Å². The zero-order chi connectivity index (χ0) is 14.8. The van der Waals surface area contributed by atoms with Crippen molar-refractivity contribution in [2.24, 2.45) is 0 Å². The summed E-state index contributed by atoms with van der Waals surface area (Å²) in [6.07, 6.45) is 5.10. The average Bonchev–Trinajstić information content (AvgIpc) is 2.92. The normalized spacial score (nSPS) is 14.6. The second kappa shape index (κ2) is 5.81. The highest BCUT2D eigenvalue weighted by atomic mass is 19.1. The van der Waals surface area contributed by atoms with Crippen molar-refractivity contribution in [3.63, 3.8) is 0 Å². The van der Waals surface area contributed by atoms with E-state index in [1.807, 2.05) is 12.4 Å². The smallest absolute Gasteiger partial charge is 0.141 e. The summed E-state index contributed by atoms with van der Waals surface area (Å²) in [5, 5.41) is 3.33. The van der Waals surface area contributed by atoms with E-state index < -0.39 is 0 Å². The lowest BCUT2D eigenvalue weighted by Gasteiger charge is -2.30. The van der Waals surface area contributed by atoms with E-state index in [0.717, 1.165) is 30.3 Å². The molecule has 0 amide bonds. The van der Waals surface area contributed by atoms with Crippen LogP contribution in [0.5, 0.6) is 0 Å². The van der Waals surface area contributed by atoms with Crippen LogP contribution in [0.1, 0.15) is 25.2 Å². The molecule has 0 radical (unpaired) electrons. The molecule has 0 aromatic carbocycles. The Morgan fingerprint density at radius 1 is 1.33 bits per heavy atom. The molecule has 0 atom stereocenters. The van der Waals surface area contributed by atoms with Gasteiger partial charge in [0.2, 0.25) is 0 Å². The van der Waals surface area contributed by atoms with Crippen LogP contribution in [0.4, 0.5) is 10.2 Å². The van der Waals surface area contributed by atoms with Gasteiger partial charge in [-0.2, -0.15) is 0 Å². The molecule has 5 nitrogen and oxygen atoms in total. The third kappa shape index (κ3) is 3.05. The number of nitrogens with zero attached hydrogens (tertiary/aromatic N) is 4.